The minimum atomic E-state index is -0.425. The highest BCUT2D eigenvalue weighted by molar-refractivity contribution is 5.95. The smallest absolute Gasteiger partial charge is 0.293 e. The third kappa shape index (κ3) is 4.75. The van der Waals surface area contributed by atoms with E-state index in [9.17, 15) is 14.9 Å². The molecule has 1 heterocycles. The van der Waals surface area contributed by atoms with Crippen LogP contribution in [0.3, 0.4) is 0 Å². The molecule has 1 N–H and O–H groups in total. The van der Waals surface area contributed by atoms with Gasteiger partial charge in [0.1, 0.15) is 18.0 Å². The number of hydrogen-bond donors (Lipinski definition) is 1. The molecule has 0 aromatic heterocycles. The third-order valence-corrected chi connectivity index (χ3v) is 4.53. The first-order valence-electron chi connectivity index (χ1n) is 9.05. The summed E-state index contributed by atoms with van der Waals surface area (Å²) in [6, 6.07) is 12.3. The molecule has 27 heavy (non-hydrogen) atoms. The summed E-state index contributed by atoms with van der Waals surface area (Å²) in [7, 11) is 0. The maximum Gasteiger partial charge on any atom is 0.293 e. The number of nitrogens with zero attached hydrogens (tertiary/aromatic N) is 2. The first-order valence-corrected chi connectivity index (χ1v) is 9.05. The number of amides is 1. The maximum absolute atomic E-state index is 12.3. The van der Waals surface area contributed by atoms with Crippen LogP contribution in [-0.4, -0.2) is 37.1 Å². The summed E-state index contributed by atoms with van der Waals surface area (Å²) in [6.07, 6.45) is 2.06. The van der Waals surface area contributed by atoms with Crippen molar-refractivity contribution < 1.29 is 14.5 Å². The topological polar surface area (TPSA) is 84.7 Å². The highest BCUT2D eigenvalue weighted by Crippen LogP contribution is 2.31. The zero-order chi connectivity index (χ0) is 19.2. The standard InChI is InChI=1S/C20H23N3O4/c1-15-5-4-6-17(13-15)27-12-9-21-20(24)16-7-8-18(19(14-16)23(25)26)22-10-2-3-11-22/h4-8,13-14H,2-3,9-12H2,1H3,(H,21,24). The van der Waals surface area contributed by atoms with E-state index in [1.54, 1.807) is 12.1 Å². The Balaban J connectivity index is 1.59. The van der Waals surface area contributed by atoms with Crippen molar-refractivity contribution >= 4 is 17.3 Å². The summed E-state index contributed by atoms with van der Waals surface area (Å²) < 4.78 is 5.59. The maximum atomic E-state index is 12.3. The normalized spacial score (nSPS) is 13.4. The number of carbonyl (C=O) groups is 1. The molecule has 7 heteroatoms. The fourth-order valence-electron chi connectivity index (χ4n) is 3.18. The van der Waals surface area contributed by atoms with E-state index in [2.05, 4.69) is 5.32 Å². The lowest BCUT2D eigenvalue weighted by Crippen LogP contribution is -2.28. The fourth-order valence-corrected chi connectivity index (χ4v) is 3.18. The molecule has 1 amide bonds. The van der Waals surface area contributed by atoms with Gasteiger partial charge < -0.3 is 15.0 Å². The molecule has 0 unspecified atom stereocenters. The highest BCUT2D eigenvalue weighted by Gasteiger charge is 2.23. The summed E-state index contributed by atoms with van der Waals surface area (Å²) in [5, 5.41) is 14.2. The second-order valence-corrected chi connectivity index (χ2v) is 6.58. The van der Waals surface area contributed by atoms with Gasteiger partial charge in [0.2, 0.25) is 0 Å². The number of nitrogens with one attached hydrogen (secondary N) is 1. The third-order valence-electron chi connectivity index (χ3n) is 4.53. The van der Waals surface area contributed by atoms with Crippen LogP contribution in [0.25, 0.3) is 0 Å². The van der Waals surface area contributed by atoms with E-state index in [1.165, 1.54) is 6.07 Å². The number of rotatable bonds is 7. The first-order chi connectivity index (χ1) is 13.0. The Kier molecular flexibility index (Phi) is 5.90. The molecule has 2 aromatic carbocycles. The predicted molar refractivity (Wildman–Crippen MR) is 104 cm³/mol. The molecule has 0 atom stereocenters. The van der Waals surface area contributed by atoms with Crippen LogP contribution in [-0.2, 0) is 0 Å². The Labute approximate surface area is 158 Å². The molecule has 142 valence electrons. The van der Waals surface area contributed by atoms with Crippen molar-refractivity contribution in [3.8, 4) is 5.75 Å². The molecule has 0 bridgehead atoms. The molecular formula is C20H23N3O4. The van der Waals surface area contributed by atoms with Gasteiger partial charge in [-0.2, -0.15) is 0 Å². The van der Waals surface area contributed by atoms with Crippen molar-refractivity contribution in [2.75, 3.05) is 31.1 Å². The van der Waals surface area contributed by atoms with Gasteiger partial charge in [-0.25, -0.2) is 0 Å². The second-order valence-electron chi connectivity index (χ2n) is 6.58. The molecule has 0 saturated carbocycles. The monoisotopic (exact) mass is 369 g/mol. The number of carbonyl (C=O) groups excluding carboxylic acids is 1. The van der Waals surface area contributed by atoms with Gasteiger partial charge in [-0.05, 0) is 49.6 Å². The Morgan fingerprint density at radius 1 is 1.22 bits per heavy atom. The van der Waals surface area contributed by atoms with E-state index in [0.717, 1.165) is 37.2 Å². The van der Waals surface area contributed by atoms with Crippen molar-refractivity contribution in [1.82, 2.24) is 5.32 Å². The lowest BCUT2D eigenvalue weighted by Gasteiger charge is -2.17. The molecule has 1 saturated heterocycles. The van der Waals surface area contributed by atoms with Gasteiger partial charge in [0, 0.05) is 24.7 Å². The molecule has 3 rings (SSSR count). The molecule has 1 aliphatic rings. The number of aryl methyl sites for hydroxylation is 1. The van der Waals surface area contributed by atoms with Crippen molar-refractivity contribution in [2.24, 2.45) is 0 Å². The zero-order valence-electron chi connectivity index (χ0n) is 15.3. The van der Waals surface area contributed by atoms with E-state index in [1.807, 2.05) is 36.1 Å². The average molecular weight is 369 g/mol. The van der Waals surface area contributed by atoms with E-state index < -0.39 is 4.92 Å². The van der Waals surface area contributed by atoms with Crippen molar-refractivity contribution in [3.05, 3.63) is 63.7 Å². The number of nitro benzene ring substituents is 1. The van der Waals surface area contributed by atoms with Crippen LogP contribution in [0, 0.1) is 17.0 Å². The Bertz CT molecular complexity index is 832. The van der Waals surface area contributed by atoms with Crippen molar-refractivity contribution in [1.29, 1.82) is 0 Å². The van der Waals surface area contributed by atoms with E-state index >= 15 is 0 Å². The molecule has 1 aliphatic heterocycles. The van der Waals surface area contributed by atoms with Crippen LogP contribution < -0.4 is 15.0 Å². The Hall–Kier alpha value is -3.09. The van der Waals surface area contributed by atoms with Gasteiger partial charge in [0.15, 0.2) is 0 Å². The molecule has 0 radical (unpaired) electrons. The van der Waals surface area contributed by atoms with Gasteiger partial charge in [0.05, 0.1) is 11.5 Å². The lowest BCUT2D eigenvalue weighted by molar-refractivity contribution is -0.384. The minimum absolute atomic E-state index is 0.0273. The molecular weight excluding hydrogens is 346 g/mol. The van der Waals surface area contributed by atoms with Gasteiger partial charge in [-0.15, -0.1) is 0 Å². The summed E-state index contributed by atoms with van der Waals surface area (Å²) in [6.45, 7) is 4.23. The molecule has 0 spiro atoms. The Morgan fingerprint density at radius 3 is 2.70 bits per heavy atom. The largest absolute Gasteiger partial charge is 0.492 e. The zero-order valence-corrected chi connectivity index (χ0v) is 15.3. The van der Waals surface area contributed by atoms with Gasteiger partial charge >= 0.3 is 0 Å². The van der Waals surface area contributed by atoms with Gasteiger partial charge in [-0.1, -0.05) is 12.1 Å². The van der Waals surface area contributed by atoms with Crippen LogP contribution in [0.15, 0.2) is 42.5 Å². The lowest BCUT2D eigenvalue weighted by atomic mass is 10.1. The average Bonchev–Trinajstić information content (AvgIpc) is 3.19. The number of benzene rings is 2. The molecule has 1 fully saturated rings. The number of hydrogen-bond acceptors (Lipinski definition) is 5. The molecule has 7 nitrogen and oxygen atoms in total. The van der Waals surface area contributed by atoms with Crippen LogP contribution in [0.2, 0.25) is 0 Å². The van der Waals surface area contributed by atoms with Gasteiger partial charge in [-0.3, -0.25) is 14.9 Å². The summed E-state index contributed by atoms with van der Waals surface area (Å²) in [5.74, 6) is 0.397. The summed E-state index contributed by atoms with van der Waals surface area (Å²) in [4.78, 5) is 25.3. The van der Waals surface area contributed by atoms with E-state index in [4.69, 9.17) is 4.74 Å². The van der Waals surface area contributed by atoms with Gasteiger partial charge in [0.25, 0.3) is 11.6 Å². The Morgan fingerprint density at radius 2 is 2.00 bits per heavy atom. The van der Waals surface area contributed by atoms with Crippen molar-refractivity contribution in [2.45, 2.75) is 19.8 Å². The predicted octanol–water partition coefficient (Wildman–Crippen LogP) is 3.31. The molecule has 0 aliphatic carbocycles. The number of anilines is 1. The first kappa shape index (κ1) is 18.7. The van der Waals surface area contributed by atoms with Crippen LogP contribution in [0.1, 0.15) is 28.8 Å². The van der Waals surface area contributed by atoms with Crippen LogP contribution >= 0.6 is 0 Å². The van der Waals surface area contributed by atoms with E-state index in [-0.39, 0.29) is 17.2 Å². The SMILES string of the molecule is Cc1cccc(OCCNC(=O)c2ccc(N3CCCC3)c([N+](=O)[O-])c2)c1. The quantitative estimate of drug-likeness (QED) is 0.460. The van der Waals surface area contributed by atoms with Crippen LogP contribution in [0.5, 0.6) is 5.75 Å². The van der Waals surface area contributed by atoms with Crippen molar-refractivity contribution in [3.63, 3.8) is 0 Å². The summed E-state index contributed by atoms with van der Waals surface area (Å²) in [5.41, 5.74) is 1.93. The highest BCUT2D eigenvalue weighted by atomic mass is 16.6. The number of nitro groups is 1. The summed E-state index contributed by atoms with van der Waals surface area (Å²) >= 11 is 0. The second kappa shape index (κ2) is 8.53. The fraction of sp³-hybridized carbons (Fsp3) is 0.350. The van der Waals surface area contributed by atoms with Crippen LogP contribution in [0.4, 0.5) is 11.4 Å². The number of ether oxygens (including phenoxy) is 1. The minimum Gasteiger partial charge on any atom is -0.492 e. The molecule has 2 aromatic rings. The van der Waals surface area contributed by atoms with E-state index in [0.29, 0.717) is 18.8 Å².